The van der Waals surface area contributed by atoms with E-state index in [9.17, 15) is 12.8 Å². The summed E-state index contributed by atoms with van der Waals surface area (Å²) in [5, 5.41) is 0.507. The molecule has 3 aromatic rings. The standard InChI is InChI=1S/C18H18FN3O2S2/c1-18(2,13-4-3-5-15(20)10-13)22-26(23,24)16-11-21-17(25-16)12-6-8-14(19)9-7-12/h3-11,22H,20H2,1-2H3. The fraction of sp³-hybridized carbons (Fsp3) is 0.167. The Kier molecular flexibility index (Phi) is 4.83. The van der Waals surface area contributed by atoms with Crippen LogP contribution in [0.1, 0.15) is 19.4 Å². The number of hydrogen-bond donors (Lipinski definition) is 2. The molecule has 0 aliphatic rings. The molecule has 0 bridgehead atoms. The number of anilines is 1. The van der Waals surface area contributed by atoms with E-state index in [1.807, 2.05) is 6.07 Å². The van der Waals surface area contributed by atoms with Crippen molar-refractivity contribution in [2.24, 2.45) is 0 Å². The van der Waals surface area contributed by atoms with Gasteiger partial charge in [-0.1, -0.05) is 12.1 Å². The van der Waals surface area contributed by atoms with Crippen molar-refractivity contribution >= 4 is 27.0 Å². The second-order valence-corrected chi connectivity index (χ2v) is 9.29. The lowest BCUT2D eigenvalue weighted by Crippen LogP contribution is -2.40. The zero-order valence-corrected chi connectivity index (χ0v) is 15.9. The minimum atomic E-state index is -3.78. The molecule has 0 aliphatic heterocycles. The first-order valence-corrected chi connectivity index (χ1v) is 10.1. The van der Waals surface area contributed by atoms with E-state index >= 15 is 0 Å². The monoisotopic (exact) mass is 391 g/mol. The van der Waals surface area contributed by atoms with Crippen LogP contribution in [0.5, 0.6) is 0 Å². The average Bonchev–Trinajstić information content (AvgIpc) is 3.05. The Morgan fingerprint density at radius 1 is 1.15 bits per heavy atom. The van der Waals surface area contributed by atoms with E-state index in [2.05, 4.69) is 9.71 Å². The first-order valence-electron chi connectivity index (χ1n) is 7.79. The largest absolute Gasteiger partial charge is 0.399 e. The highest BCUT2D eigenvalue weighted by atomic mass is 32.2. The van der Waals surface area contributed by atoms with E-state index in [0.29, 0.717) is 16.3 Å². The third kappa shape index (κ3) is 3.92. The van der Waals surface area contributed by atoms with Crippen molar-refractivity contribution in [1.29, 1.82) is 0 Å². The van der Waals surface area contributed by atoms with Gasteiger partial charge in [0.1, 0.15) is 10.8 Å². The minimum Gasteiger partial charge on any atom is -0.399 e. The molecule has 0 aliphatic carbocycles. The van der Waals surface area contributed by atoms with Crippen LogP contribution in [0.4, 0.5) is 10.1 Å². The minimum absolute atomic E-state index is 0.0915. The molecule has 0 unspecified atom stereocenters. The van der Waals surface area contributed by atoms with Gasteiger partial charge in [-0.2, -0.15) is 0 Å². The van der Waals surface area contributed by atoms with Crippen LogP contribution < -0.4 is 10.5 Å². The predicted molar refractivity (Wildman–Crippen MR) is 102 cm³/mol. The highest BCUT2D eigenvalue weighted by Gasteiger charge is 2.29. The Morgan fingerprint density at radius 3 is 2.50 bits per heavy atom. The quantitative estimate of drug-likeness (QED) is 0.649. The van der Waals surface area contributed by atoms with Crippen molar-refractivity contribution in [2.45, 2.75) is 23.6 Å². The first kappa shape index (κ1) is 18.5. The van der Waals surface area contributed by atoms with Crippen LogP contribution in [0.2, 0.25) is 0 Å². The van der Waals surface area contributed by atoms with Crippen LogP contribution in [-0.4, -0.2) is 13.4 Å². The van der Waals surface area contributed by atoms with Gasteiger partial charge in [-0.25, -0.2) is 22.5 Å². The van der Waals surface area contributed by atoms with Crippen LogP contribution in [0.15, 0.2) is 58.9 Å². The smallest absolute Gasteiger partial charge is 0.252 e. The summed E-state index contributed by atoms with van der Waals surface area (Å²) >= 11 is 1.03. The van der Waals surface area contributed by atoms with Gasteiger partial charge in [-0.15, -0.1) is 11.3 Å². The number of hydrogen-bond acceptors (Lipinski definition) is 5. The summed E-state index contributed by atoms with van der Waals surface area (Å²) < 4.78 is 41.4. The molecule has 5 nitrogen and oxygen atoms in total. The Hall–Kier alpha value is -2.29. The maximum Gasteiger partial charge on any atom is 0.252 e. The van der Waals surface area contributed by atoms with Gasteiger partial charge in [0.2, 0.25) is 0 Å². The molecule has 26 heavy (non-hydrogen) atoms. The lowest BCUT2D eigenvalue weighted by atomic mass is 9.95. The van der Waals surface area contributed by atoms with Gasteiger partial charge in [0, 0.05) is 11.3 Å². The van der Waals surface area contributed by atoms with Crippen LogP contribution in [0, 0.1) is 5.82 Å². The molecule has 3 N–H and O–H groups in total. The summed E-state index contributed by atoms with van der Waals surface area (Å²) in [4.78, 5) is 4.16. The Labute approximate surface area is 155 Å². The first-order chi connectivity index (χ1) is 12.2. The summed E-state index contributed by atoms with van der Waals surface area (Å²) in [6, 6.07) is 12.8. The third-order valence-corrected chi connectivity index (χ3v) is 7.00. The van der Waals surface area contributed by atoms with Gasteiger partial charge in [0.15, 0.2) is 4.21 Å². The predicted octanol–water partition coefficient (Wildman–Crippen LogP) is 3.75. The Balaban J connectivity index is 1.88. The molecule has 0 amide bonds. The maximum atomic E-state index is 13.0. The SMILES string of the molecule is CC(C)(NS(=O)(=O)c1cnc(-c2ccc(F)cc2)s1)c1cccc(N)c1. The van der Waals surface area contributed by atoms with Crippen molar-refractivity contribution in [3.8, 4) is 10.6 Å². The van der Waals surface area contributed by atoms with Crippen molar-refractivity contribution in [3.05, 3.63) is 66.1 Å². The molecular weight excluding hydrogens is 373 g/mol. The molecule has 0 saturated heterocycles. The molecular formula is C18H18FN3O2S2. The third-order valence-electron chi connectivity index (χ3n) is 3.84. The molecule has 0 atom stereocenters. The second kappa shape index (κ2) is 6.79. The zero-order valence-electron chi connectivity index (χ0n) is 14.2. The number of nitrogens with zero attached hydrogens (tertiary/aromatic N) is 1. The van der Waals surface area contributed by atoms with E-state index in [4.69, 9.17) is 5.73 Å². The molecule has 1 aromatic heterocycles. The molecule has 0 saturated carbocycles. The van der Waals surface area contributed by atoms with Gasteiger partial charge in [0.25, 0.3) is 10.0 Å². The molecule has 136 valence electrons. The molecule has 1 heterocycles. The number of benzene rings is 2. The normalized spacial score (nSPS) is 12.3. The number of aromatic nitrogens is 1. The van der Waals surface area contributed by atoms with E-state index in [-0.39, 0.29) is 10.0 Å². The van der Waals surface area contributed by atoms with E-state index < -0.39 is 15.6 Å². The summed E-state index contributed by atoms with van der Waals surface area (Å²) in [7, 11) is -3.78. The van der Waals surface area contributed by atoms with Crippen LogP contribution in [-0.2, 0) is 15.6 Å². The fourth-order valence-corrected chi connectivity index (χ4v) is 5.02. The Morgan fingerprint density at radius 2 is 1.85 bits per heavy atom. The van der Waals surface area contributed by atoms with Crippen LogP contribution in [0.3, 0.4) is 0 Å². The Bertz CT molecular complexity index is 1030. The topological polar surface area (TPSA) is 85.1 Å². The summed E-state index contributed by atoms with van der Waals surface area (Å²) in [6.07, 6.45) is 1.31. The van der Waals surface area contributed by atoms with Crippen LogP contribution in [0.25, 0.3) is 10.6 Å². The molecule has 8 heteroatoms. The molecule has 0 fully saturated rings. The number of nitrogens with two attached hydrogens (primary N) is 1. The molecule has 0 spiro atoms. The van der Waals surface area contributed by atoms with Crippen molar-refractivity contribution in [3.63, 3.8) is 0 Å². The molecule has 3 rings (SSSR count). The molecule has 2 aromatic carbocycles. The number of nitrogens with one attached hydrogen (secondary N) is 1. The van der Waals surface area contributed by atoms with Gasteiger partial charge < -0.3 is 5.73 Å². The van der Waals surface area contributed by atoms with E-state index in [1.165, 1.54) is 18.3 Å². The van der Waals surface area contributed by atoms with Gasteiger partial charge in [0.05, 0.1) is 11.7 Å². The summed E-state index contributed by atoms with van der Waals surface area (Å²) in [5.41, 5.74) is 6.92. The zero-order chi connectivity index (χ0) is 18.9. The number of nitrogen functional groups attached to an aromatic ring is 1. The highest BCUT2D eigenvalue weighted by Crippen LogP contribution is 2.30. The second-order valence-electron chi connectivity index (χ2n) is 6.35. The van der Waals surface area contributed by atoms with Crippen molar-refractivity contribution in [1.82, 2.24) is 9.71 Å². The average molecular weight is 391 g/mol. The van der Waals surface area contributed by atoms with Gasteiger partial charge >= 0.3 is 0 Å². The number of sulfonamides is 1. The van der Waals surface area contributed by atoms with E-state index in [1.54, 1.807) is 44.2 Å². The number of halogens is 1. The maximum absolute atomic E-state index is 13.0. The summed E-state index contributed by atoms with van der Waals surface area (Å²) in [5.74, 6) is -0.358. The van der Waals surface area contributed by atoms with Gasteiger partial charge in [-0.3, -0.25) is 0 Å². The lowest BCUT2D eigenvalue weighted by Gasteiger charge is -2.26. The van der Waals surface area contributed by atoms with E-state index in [0.717, 1.165) is 16.9 Å². The van der Waals surface area contributed by atoms with Gasteiger partial charge in [-0.05, 0) is 55.8 Å². The summed E-state index contributed by atoms with van der Waals surface area (Å²) in [6.45, 7) is 3.53. The molecule has 0 radical (unpaired) electrons. The van der Waals surface area contributed by atoms with Crippen molar-refractivity contribution < 1.29 is 12.8 Å². The highest BCUT2D eigenvalue weighted by molar-refractivity contribution is 7.91. The number of thiazole rings is 1. The fourth-order valence-electron chi connectivity index (χ4n) is 2.48. The number of rotatable bonds is 5. The van der Waals surface area contributed by atoms with Crippen LogP contribution >= 0.6 is 11.3 Å². The van der Waals surface area contributed by atoms with Crippen molar-refractivity contribution in [2.75, 3.05) is 5.73 Å². The lowest BCUT2D eigenvalue weighted by molar-refractivity contribution is 0.473.